The van der Waals surface area contributed by atoms with Crippen molar-refractivity contribution in [1.82, 2.24) is 10.2 Å². The molecule has 4 heteroatoms. The van der Waals surface area contributed by atoms with Crippen LogP contribution in [0.3, 0.4) is 0 Å². The topological polar surface area (TPSA) is 32.3 Å². The molecule has 0 aromatic heterocycles. The molecule has 0 spiro atoms. The van der Waals surface area contributed by atoms with E-state index in [2.05, 4.69) is 24.1 Å². The summed E-state index contributed by atoms with van der Waals surface area (Å²) in [6, 6.07) is 0.989. The molecule has 0 aromatic carbocycles. The molecule has 0 radical (unpaired) electrons. The molecule has 0 bridgehead atoms. The zero-order valence-electron chi connectivity index (χ0n) is 10.9. The lowest BCUT2D eigenvalue weighted by atomic mass is 10.1. The van der Waals surface area contributed by atoms with Crippen LogP contribution in [0, 0.1) is 0 Å². The average molecular weight is 256 g/mol. The highest BCUT2D eigenvalue weighted by Crippen LogP contribution is 2.25. The van der Waals surface area contributed by atoms with Gasteiger partial charge in [-0.1, -0.05) is 6.92 Å². The number of carbonyl (C=O) groups is 1. The molecule has 3 unspecified atom stereocenters. The second-order valence-corrected chi connectivity index (χ2v) is 6.72. The summed E-state index contributed by atoms with van der Waals surface area (Å²) in [5.74, 6) is 1.46. The van der Waals surface area contributed by atoms with Crippen LogP contribution in [0.15, 0.2) is 0 Å². The fraction of sp³-hybridized carbons (Fsp3) is 0.923. The molecule has 2 aliphatic heterocycles. The minimum atomic E-state index is 0.360. The van der Waals surface area contributed by atoms with Crippen molar-refractivity contribution < 1.29 is 4.79 Å². The van der Waals surface area contributed by atoms with Crippen LogP contribution in [-0.4, -0.2) is 47.0 Å². The van der Waals surface area contributed by atoms with Crippen molar-refractivity contribution in [3.63, 3.8) is 0 Å². The highest BCUT2D eigenvalue weighted by atomic mass is 32.2. The predicted octanol–water partition coefficient (Wildman–Crippen LogP) is 1.87. The summed E-state index contributed by atoms with van der Waals surface area (Å²) >= 11 is 1.98. The summed E-state index contributed by atoms with van der Waals surface area (Å²) in [5.41, 5.74) is 0. The Bertz CT molecular complexity index is 266. The van der Waals surface area contributed by atoms with Crippen molar-refractivity contribution in [2.75, 3.05) is 18.8 Å². The van der Waals surface area contributed by atoms with E-state index in [0.717, 1.165) is 31.7 Å². The van der Waals surface area contributed by atoms with Gasteiger partial charge in [0.05, 0.1) is 0 Å². The Morgan fingerprint density at radius 3 is 3.00 bits per heavy atom. The summed E-state index contributed by atoms with van der Waals surface area (Å²) in [7, 11) is 0. The van der Waals surface area contributed by atoms with Crippen LogP contribution >= 0.6 is 11.8 Å². The minimum Gasteiger partial charge on any atom is -0.338 e. The Kier molecular flexibility index (Phi) is 4.74. The first-order valence-electron chi connectivity index (χ1n) is 6.83. The molecule has 2 heterocycles. The molecule has 17 heavy (non-hydrogen) atoms. The Morgan fingerprint density at radius 2 is 2.29 bits per heavy atom. The molecule has 2 fully saturated rings. The maximum atomic E-state index is 12.2. The van der Waals surface area contributed by atoms with Gasteiger partial charge in [-0.15, -0.1) is 0 Å². The fourth-order valence-corrected chi connectivity index (χ4v) is 3.83. The molecule has 3 nitrogen and oxygen atoms in total. The Balaban J connectivity index is 1.78. The molecule has 0 aromatic rings. The summed E-state index contributed by atoms with van der Waals surface area (Å²) in [6.07, 6.45) is 4.25. The quantitative estimate of drug-likeness (QED) is 0.836. The van der Waals surface area contributed by atoms with Gasteiger partial charge < -0.3 is 10.2 Å². The van der Waals surface area contributed by atoms with Crippen molar-refractivity contribution in [2.24, 2.45) is 0 Å². The van der Waals surface area contributed by atoms with Crippen molar-refractivity contribution in [1.29, 1.82) is 0 Å². The van der Waals surface area contributed by atoms with Crippen LogP contribution in [0.2, 0.25) is 0 Å². The molecule has 2 rings (SSSR count). The van der Waals surface area contributed by atoms with Crippen LogP contribution in [0.4, 0.5) is 0 Å². The van der Waals surface area contributed by atoms with Crippen molar-refractivity contribution in [3.05, 3.63) is 0 Å². The van der Waals surface area contributed by atoms with E-state index < -0.39 is 0 Å². The van der Waals surface area contributed by atoms with Crippen molar-refractivity contribution in [2.45, 2.75) is 56.9 Å². The summed E-state index contributed by atoms with van der Waals surface area (Å²) in [6.45, 7) is 6.48. The molecule has 1 amide bonds. The smallest absolute Gasteiger partial charge is 0.222 e. The first kappa shape index (κ1) is 13.2. The Hall–Kier alpha value is -0.220. The van der Waals surface area contributed by atoms with E-state index in [1.807, 2.05) is 11.8 Å². The second kappa shape index (κ2) is 6.10. The molecule has 98 valence electrons. The summed E-state index contributed by atoms with van der Waals surface area (Å²) in [4.78, 5) is 14.3. The van der Waals surface area contributed by atoms with E-state index in [4.69, 9.17) is 0 Å². The van der Waals surface area contributed by atoms with Gasteiger partial charge in [0.25, 0.3) is 0 Å². The van der Waals surface area contributed by atoms with Crippen molar-refractivity contribution in [3.8, 4) is 0 Å². The zero-order valence-corrected chi connectivity index (χ0v) is 11.8. The monoisotopic (exact) mass is 256 g/mol. The number of nitrogens with zero attached hydrogens (tertiary/aromatic N) is 1. The third-order valence-corrected chi connectivity index (χ3v) is 5.41. The van der Waals surface area contributed by atoms with Gasteiger partial charge in [-0.2, -0.15) is 11.8 Å². The highest BCUT2D eigenvalue weighted by Gasteiger charge is 2.28. The molecule has 3 atom stereocenters. The maximum absolute atomic E-state index is 12.2. The molecular formula is C13H24N2OS. The normalized spacial score (nSPS) is 34.0. The van der Waals surface area contributed by atoms with E-state index in [1.54, 1.807) is 0 Å². The molecule has 0 aliphatic carbocycles. The largest absolute Gasteiger partial charge is 0.338 e. The third-order valence-electron chi connectivity index (χ3n) is 4.07. The van der Waals surface area contributed by atoms with E-state index in [-0.39, 0.29) is 0 Å². The summed E-state index contributed by atoms with van der Waals surface area (Å²) in [5, 5.41) is 4.04. The fourth-order valence-electron chi connectivity index (χ4n) is 2.73. The summed E-state index contributed by atoms with van der Waals surface area (Å²) < 4.78 is 0. The number of thioether (sulfide) groups is 1. The zero-order chi connectivity index (χ0) is 12.3. The Labute approximate surface area is 109 Å². The van der Waals surface area contributed by atoms with Gasteiger partial charge in [0.2, 0.25) is 5.91 Å². The van der Waals surface area contributed by atoms with E-state index in [0.29, 0.717) is 23.2 Å². The van der Waals surface area contributed by atoms with Gasteiger partial charge in [-0.05, 0) is 32.7 Å². The van der Waals surface area contributed by atoms with Gasteiger partial charge >= 0.3 is 0 Å². The third kappa shape index (κ3) is 3.38. The standard InChI is InChI=1S/C13H24N2OS/c1-10-11(2)17-9-8-15(10)13(16)6-5-12-4-3-7-14-12/h10-12,14H,3-9H2,1-2H3. The predicted molar refractivity (Wildman–Crippen MR) is 73.4 cm³/mol. The molecule has 2 aliphatic rings. The van der Waals surface area contributed by atoms with Gasteiger partial charge in [0, 0.05) is 36.1 Å². The van der Waals surface area contributed by atoms with E-state index in [1.165, 1.54) is 12.8 Å². The molecule has 1 N–H and O–H groups in total. The van der Waals surface area contributed by atoms with Crippen LogP contribution in [0.1, 0.15) is 39.5 Å². The lowest BCUT2D eigenvalue weighted by Crippen LogP contribution is -2.48. The SMILES string of the molecule is CC1SCCN(C(=O)CCC2CCCN2)C1C. The highest BCUT2D eigenvalue weighted by molar-refractivity contribution is 8.00. The Morgan fingerprint density at radius 1 is 1.47 bits per heavy atom. The van der Waals surface area contributed by atoms with E-state index in [9.17, 15) is 4.79 Å². The van der Waals surface area contributed by atoms with E-state index >= 15 is 0 Å². The average Bonchev–Trinajstić information content (AvgIpc) is 2.82. The van der Waals surface area contributed by atoms with Gasteiger partial charge in [-0.3, -0.25) is 4.79 Å². The number of rotatable bonds is 3. The molecular weight excluding hydrogens is 232 g/mol. The lowest BCUT2D eigenvalue weighted by Gasteiger charge is -2.37. The van der Waals surface area contributed by atoms with Crippen molar-refractivity contribution >= 4 is 17.7 Å². The first-order chi connectivity index (χ1) is 8.18. The van der Waals surface area contributed by atoms with Gasteiger partial charge in [0.1, 0.15) is 0 Å². The number of hydrogen-bond acceptors (Lipinski definition) is 3. The van der Waals surface area contributed by atoms with Gasteiger partial charge in [0.15, 0.2) is 0 Å². The van der Waals surface area contributed by atoms with Crippen LogP contribution in [-0.2, 0) is 4.79 Å². The number of carbonyl (C=O) groups excluding carboxylic acids is 1. The lowest BCUT2D eigenvalue weighted by molar-refractivity contribution is -0.133. The number of nitrogens with one attached hydrogen (secondary N) is 1. The minimum absolute atomic E-state index is 0.360. The van der Waals surface area contributed by atoms with Crippen LogP contribution in [0.25, 0.3) is 0 Å². The van der Waals surface area contributed by atoms with Gasteiger partial charge in [-0.25, -0.2) is 0 Å². The maximum Gasteiger partial charge on any atom is 0.222 e. The number of amides is 1. The van der Waals surface area contributed by atoms with Crippen LogP contribution in [0.5, 0.6) is 0 Å². The second-order valence-electron chi connectivity index (χ2n) is 5.24. The van der Waals surface area contributed by atoms with Crippen LogP contribution < -0.4 is 5.32 Å². The molecule has 0 saturated carbocycles. The molecule has 2 saturated heterocycles. The number of hydrogen-bond donors (Lipinski definition) is 1. The first-order valence-corrected chi connectivity index (χ1v) is 7.88.